The molecule has 1 saturated carbocycles. The Morgan fingerprint density at radius 2 is 1.62 bits per heavy atom. The van der Waals surface area contributed by atoms with Crippen LogP contribution in [0.5, 0.6) is 0 Å². The molecule has 0 aromatic heterocycles. The maximum atomic E-state index is 3.82. The number of nitrogens with one attached hydrogen (secondary N) is 1. The monoisotopic (exact) mass is 226 g/mol. The lowest BCUT2D eigenvalue weighted by atomic mass is 9.85. The Morgan fingerprint density at radius 1 is 1.06 bits per heavy atom. The Balaban J connectivity index is 2.21. The zero-order valence-electron chi connectivity index (χ0n) is 11.6. The second-order valence-corrected chi connectivity index (χ2v) is 5.66. The Hall–Kier alpha value is -0.0800. The van der Waals surface area contributed by atoms with E-state index in [0.29, 0.717) is 0 Å². The maximum absolute atomic E-state index is 3.82. The first kappa shape index (κ1) is 14.0. The quantitative estimate of drug-likeness (QED) is 0.749. The summed E-state index contributed by atoms with van der Waals surface area (Å²) in [6, 6.07) is 1.54. The average molecular weight is 226 g/mol. The van der Waals surface area contributed by atoms with E-state index in [1.165, 1.54) is 45.1 Å². The first-order chi connectivity index (χ1) is 7.65. The van der Waals surface area contributed by atoms with Gasteiger partial charge in [-0.05, 0) is 58.5 Å². The Bertz CT molecular complexity index is 168. The van der Waals surface area contributed by atoms with Gasteiger partial charge in [0, 0.05) is 18.6 Å². The molecule has 0 saturated heterocycles. The highest BCUT2D eigenvalue weighted by atomic mass is 15.1. The minimum absolute atomic E-state index is 0.746. The first-order valence-electron chi connectivity index (χ1n) is 7.06. The molecule has 96 valence electrons. The Labute approximate surface area is 102 Å². The molecule has 16 heavy (non-hydrogen) atoms. The molecule has 1 aliphatic rings. The molecule has 1 rings (SSSR count). The van der Waals surface area contributed by atoms with E-state index in [1.807, 2.05) is 0 Å². The van der Waals surface area contributed by atoms with E-state index in [9.17, 15) is 0 Å². The van der Waals surface area contributed by atoms with Crippen LogP contribution in [-0.4, -0.2) is 37.6 Å². The van der Waals surface area contributed by atoms with Crippen molar-refractivity contribution in [3.63, 3.8) is 0 Å². The number of nitrogens with zero attached hydrogens (tertiary/aromatic N) is 1. The third kappa shape index (κ3) is 4.84. The molecule has 0 spiro atoms. The molecule has 1 fully saturated rings. The molecular weight excluding hydrogens is 196 g/mol. The van der Waals surface area contributed by atoms with Gasteiger partial charge >= 0.3 is 0 Å². The summed E-state index contributed by atoms with van der Waals surface area (Å²) in [5.41, 5.74) is 0. The van der Waals surface area contributed by atoms with Gasteiger partial charge < -0.3 is 10.2 Å². The van der Waals surface area contributed by atoms with Crippen LogP contribution < -0.4 is 5.32 Å². The van der Waals surface area contributed by atoms with Gasteiger partial charge in [-0.15, -0.1) is 0 Å². The predicted molar refractivity (Wildman–Crippen MR) is 71.8 cm³/mol. The van der Waals surface area contributed by atoms with Crippen LogP contribution in [0.25, 0.3) is 0 Å². The van der Waals surface area contributed by atoms with Gasteiger partial charge in [0.25, 0.3) is 0 Å². The lowest BCUT2D eigenvalue weighted by Crippen LogP contribution is -2.41. The van der Waals surface area contributed by atoms with Crippen molar-refractivity contribution in [2.24, 2.45) is 5.92 Å². The van der Waals surface area contributed by atoms with Gasteiger partial charge in [-0.25, -0.2) is 0 Å². The number of hydrogen-bond acceptors (Lipinski definition) is 2. The summed E-state index contributed by atoms with van der Waals surface area (Å²) in [4.78, 5) is 2.33. The normalized spacial score (nSPS) is 26.6. The molecule has 2 heteroatoms. The standard InChI is InChI=1S/C14H30N2/c1-5-13(6-2)15-14-9-7-12(8-10-14)11-16(3)4/h12-15H,5-11H2,1-4H3. The van der Waals surface area contributed by atoms with E-state index in [4.69, 9.17) is 0 Å². The highest BCUT2D eigenvalue weighted by molar-refractivity contribution is 4.80. The summed E-state index contributed by atoms with van der Waals surface area (Å²) in [5, 5.41) is 3.82. The van der Waals surface area contributed by atoms with Crippen molar-refractivity contribution < 1.29 is 0 Å². The first-order valence-corrected chi connectivity index (χ1v) is 7.06. The van der Waals surface area contributed by atoms with Crippen LogP contribution in [0, 0.1) is 5.92 Å². The van der Waals surface area contributed by atoms with Gasteiger partial charge in [0.2, 0.25) is 0 Å². The lowest BCUT2D eigenvalue weighted by molar-refractivity contribution is 0.224. The van der Waals surface area contributed by atoms with Crippen molar-refractivity contribution >= 4 is 0 Å². The van der Waals surface area contributed by atoms with Crippen molar-refractivity contribution in [3.05, 3.63) is 0 Å². The van der Waals surface area contributed by atoms with Crippen molar-refractivity contribution in [1.82, 2.24) is 10.2 Å². The minimum Gasteiger partial charge on any atom is -0.311 e. The van der Waals surface area contributed by atoms with Gasteiger partial charge in [0.15, 0.2) is 0 Å². The molecular formula is C14H30N2. The highest BCUT2D eigenvalue weighted by Crippen LogP contribution is 2.25. The molecule has 2 nitrogen and oxygen atoms in total. The van der Waals surface area contributed by atoms with Crippen LogP contribution >= 0.6 is 0 Å². The summed E-state index contributed by atoms with van der Waals surface area (Å²) in [7, 11) is 4.38. The van der Waals surface area contributed by atoms with Crippen molar-refractivity contribution in [2.45, 2.75) is 64.5 Å². The third-order valence-corrected chi connectivity index (χ3v) is 3.93. The molecule has 0 radical (unpaired) electrons. The van der Waals surface area contributed by atoms with E-state index in [2.05, 4.69) is 38.2 Å². The van der Waals surface area contributed by atoms with E-state index in [1.54, 1.807) is 0 Å². The van der Waals surface area contributed by atoms with Crippen LogP contribution in [0.2, 0.25) is 0 Å². The molecule has 0 unspecified atom stereocenters. The lowest BCUT2D eigenvalue weighted by Gasteiger charge is -2.32. The SMILES string of the molecule is CCC(CC)NC1CCC(CN(C)C)CC1. The maximum Gasteiger partial charge on any atom is 0.00698 e. The summed E-state index contributed by atoms with van der Waals surface area (Å²) in [6.07, 6.45) is 8.14. The van der Waals surface area contributed by atoms with Crippen LogP contribution in [0.1, 0.15) is 52.4 Å². The summed E-state index contributed by atoms with van der Waals surface area (Å²) < 4.78 is 0. The van der Waals surface area contributed by atoms with Crippen LogP contribution in [0.4, 0.5) is 0 Å². The van der Waals surface area contributed by atoms with E-state index in [-0.39, 0.29) is 0 Å². The van der Waals surface area contributed by atoms with Gasteiger partial charge in [0.05, 0.1) is 0 Å². The average Bonchev–Trinajstić information content (AvgIpc) is 2.27. The van der Waals surface area contributed by atoms with Crippen molar-refractivity contribution in [3.8, 4) is 0 Å². The molecule has 0 aromatic carbocycles. The fourth-order valence-corrected chi connectivity index (χ4v) is 2.89. The van der Waals surface area contributed by atoms with E-state index >= 15 is 0 Å². The summed E-state index contributed by atoms with van der Waals surface area (Å²) in [5.74, 6) is 0.940. The van der Waals surface area contributed by atoms with Gasteiger partial charge in [-0.1, -0.05) is 13.8 Å². The molecule has 0 amide bonds. The highest BCUT2D eigenvalue weighted by Gasteiger charge is 2.22. The van der Waals surface area contributed by atoms with Crippen LogP contribution in [0.3, 0.4) is 0 Å². The number of hydrogen-bond donors (Lipinski definition) is 1. The van der Waals surface area contributed by atoms with Crippen molar-refractivity contribution in [1.29, 1.82) is 0 Å². The minimum atomic E-state index is 0.746. The predicted octanol–water partition coefficient (Wildman–Crippen LogP) is 2.89. The zero-order valence-corrected chi connectivity index (χ0v) is 11.6. The Kier molecular flexibility index (Phi) is 6.37. The summed E-state index contributed by atoms with van der Waals surface area (Å²) >= 11 is 0. The van der Waals surface area contributed by atoms with Crippen LogP contribution in [-0.2, 0) is 0 Å². The second kappa shape index (κ2) is 7.29. The van der Waals surface area contributed by atoms with E-state index < -0.39 is 0 Å². The molecule has 0 heterocycles. The topological polar surface area (TPSA) is 15.3 Å². The smallest absolute Gasteiger partial charge is 0.00698 e. The van der Waals surface area contributed by atoms with Gasteiger partial charge in [-0.3, -0.25) is 0 Å². The molecule has 0 atom stereocenters. The van der Waals surface area contributed by atoms with Crippen LogP contribution in [0.15, 0.2) is 0 Å². The molecule has 1 N–H and O–H groups in total. The second-order valence-electron chi connectivity index (χ2n) is 5.66. The zero-order chi connectivity index (χ0) is 12.0. The molecule has 0 bridgehead atoms. The largest absolute Gasteiger partial charge is 0.311 e. The third-order valence-electron chi connectivity index (χ3n) is 3.93. The van der Waals surface area contributed by atoms with Crippen molar-refractivity contribution in [2.75, 3.05) is 20.6 Å². The number of rotatable bonds is 6. The molecule has 0 aromatic rings. The fourth-order valence-electron chi connectivity index (χ4n) is 2.89. The fraction of sp³-hybridized carbons (Fsp3) is 1.00. The molecule has 1 aliphatic carbocycles. The summed E-state index contributed by atoms with van der Waals surface area (Å²) in [6.45, 7) is 5.86. The van der Waals surface area contributed by atoms with Gasteiger partial charge in [0.1, 0.15) is 0 Å². The molecule has 0 aliphatic heterocycles. The van der Waals surface area contributed by atoms with Gasteiger partial charge in [-0.2, -0.15) is 0 Å². The Morgan fingerprint density at radius 3 is 2.06 bits per heavy atom. The van der Waals surface area contributed by atoms with E-state index in [0.717, 1.165) is 18.0 Å².